The van der Waals surface area contributed by atoms with Gasteiger partial charge in [-0.1, -0.05) is 6.07 Å². The Morgan fingerprint density at radius 1 is 1.32 bits per heavy atom. The molecule has 0 spiro atoms. The summed E-state index contributed by atoms with van der Waals surface area (Å²) in [4.78, 5) is 41.1. The number of nitrogens with one attached hydrogen (secondary N) is 1. The topological polar surface area (TPSA) is 138 Å². The van der Waals surface area contributed by atoms with E-state index in [0.717, 1.165) is 5.82 Å². The monoisotopic (exact) mass is 423 g/mol. The summed E-state index contributed by atoms with van der Waals surface area (Å²) in [6, 6.07) is 9.85. The zero-order valence-electron chi connectivity index (χ0n) is 16.9. The first kappa shape index (κ1) is 21.7. The van der Waals surface area contributed by atoms with Crippen LogP contribution < -0.4 is 10.2 Å². The number of amides is 1. The first-order chi connectivity index (χ1) is 14.9. The number of nitro benzene ring substituents is 1. The lowest BCUT2D eigenvalue weighted by atomic mass is 9.97. The fourth-order valence-electron chi connectivity index (χ4n) is 3.32. The third-order valence-electron chi connectivity index (χ3n) is 5.06. The Kier molecular flexibility index (Phi) is 6.77. The molecule has 10 nitrogen and oxygen atoms in total. The van der Waals surface area contributed by atoms with Crippen LogP contribution >= 0.6 is 0 Å². The van der Waals surface area contributed by atoms with Crippen LogP contribution in [0.15, 0.2) is 36.5 Å². The molecule has 2 heterocycles. The van der Waals surface area contributed by atoms with Crippen molar-refractivity contribution in [2.45, 2.75) is 19.8 Å². The molecular weight excluding hydrogens is 402 g/mol. The molecule has 1 aromatic carbocycles. The first-order valence-corrected chi connectivity index (χ1v) is 9.70. The largest absolute Gasteiger partial charge is 0.455 e. The van der Waals surface area contributed by atoms with Crippen LogP contribution in [0.4, 0.5) is 17.2 Å². The maximum absolute atomic E-state index is 12.3. The van der Waals surface area contributed by atoms with Gasteiger partial charge in [-0.3, -0.25) is 19.7 Å². The van der Waals surface area contributed by atoms with Gasteiger partial charge in [-0.25, -0.2) is 4.98 Å². The van der Waals surface area contributed by atoms with Crippen molar-refractivity contribution in [1.29, 1.82) is 5.26 Å². The summed E-state index contributed by atoms with van der Waals surface area (Å²) in [7, 11) is 0. The van der Waals surface area contributed by atoms with Crippen molar-refractivity contribution in [2.24, 2.45) is 5.92 Å². The molecule has 1 aromatic heterocycles. The van der Waals surface area contributed by atoms with E-state index in [2.05, 4.69) is 10.3 Å². The van der Waals surface area contributed by atoms with Crippen LogP contribution in [0.25, 0.3) is 0 Å². The first-order valence-electron chi connectivity index (χ1n) is 9.70. The number of hydrogen-bond donors (Lipinski definition) is 1. The molecule has 160 valence electrons. The molecule has 0 bridgehead atoms. The number of pyridine rings is 1. The van der Waals surface area contributed by atoms with E-state index in [0.29, 0.717) is 37.1 Å². The highest BCUT2D eigenvalue weighted by atomic mass is 16.6. The second kappa shape index (κ2) is 9.67. The van der Waals surface area contributed by atoms with E-state index in [1.807, 2.05) is 11.0 Å². The van der Waals surface area contributed by atoms with E-state index in [1.54, 1.807) is 25.1 Å². The Morgan fingerprint density at radius 3 is 2.68 bits per heavy atom. The zero-order chi connectivity index (χ0) is 22.4. The molecule has 0 saturated carbocycles. The SMILES string of the molecule is Cc1ccc(NC(=O)COC(=O)C2CCN(c3ccc(C#N)cn3)CC2)cc1[N+](=O)[O-]. The van der Waals surface area contributed by atoms with Gasteiger partial charge in [-0.05, 0) is 38.0 Å². The van der Waals surface area contributed by atoms with Crippen molar-refractivity contribution in [3.63, 3.8) is 0 Å². The average molecular weight is 423 g/mol. The molecule has 0 aliphatic carbocycles. The molecule has 0 atom stereocenters. The molecular formula is C21H21N5O5. The van der Waals surface area contributed by atoms with Crippen molar-refractivity contribution in [1.82, 2.24) is 4.98 Å². The Bertz CT molecular complexity index is 1020. The second-order valence-corrected chi connectivity index (χ2v) is 7.19. The molecule has 10 heteroatoms. The van der Waals surface area contributed by atoms with Gasteiger partial charge in [0.05, 0.1) is 16.4 Å². The summed E-state index contributed by atoms with van der Waals surface area (Å²) < 4.78 is 5.13. The van der Waals surface area contributed by atoms with Crippen molar-refractivity contribution in [2.75, 3.05) is 29.9 Å². The Labute approximate surface area is 178 Å². The van der Waals surface area contributed by atoms with E-state index in [1.165, 1.54) is 18.3 Å². The zero-order valence-corrected chi connectivity index (χ0v) is 16.9. The number of anilines is 2. The van der Waals surface area contributed by atoms with Gasteiger partial charge in [-0.2, -0.15) is 5.26 Å². The molecule has 1 saturated heterocycles. The number of carbonyl (C=O) groups is 2. The maximum atomic E-state index is 12.3. The number of aromatic nitrogens is 1. The van der Waals surface area contributed by atoms with E-state index >= 15 is 0 Å². The molecule has 1 amide bonds. The summed E-state index contributed by atoms with van der Waals surface area (Å²) in [5.41, 5.74) is 1.14. The molecule has 31 heavy (non-hydrogen) atoms. The minimum Gasteiger partial charge on any atom is -0.455 e. The van der Waals surface area contributed by atoms with Gasteiger partial charge >= 0.3 is 5.97 Å². The molecule has 3 rings (SSSR count). The quantitative estimate of drug-likeness (QED) is 0.425. The van der Waals surface area contributed by atoms with E-state index in [9.17, 15) is 19.7 Å². The smallest absolute Gasteiger partial charge is 0.309 e. The molecule has 0 unspecified atom stereocenters. The summed E-state index contributed by atoms with van der Waals surface area (Å²) in [5, 5.41) is 22.3. The molecule has 1 N–H and O–H groups in total. The number of ether oxygens (including phenoxy) is 1. The summed E-state index contributed by atoms with van der Waals surface area (Å²) in [6.07, 6.45) is 2.63. The van der Waals surface area contributed by atoms with E-state index < -0.39 is 23.4 Å². The second-order valence-electron chi connectivity index (χ2n) is 7.19. The van der Waals surface area contributed by atoms with Crippen LogP contribution in [0.3, 0.4) is 0 Å². The van der Waals surface area contributed by atoms with Gasteiger partial charge in [0, 0.05) is 36.6 Å². The molecule has 0 radical (unpaired) electrons. The summed E-state index contributed by atoms with van der Waals surface area (Å²) in [6.45, 7) is 2.36. The Balaban J connectivity index is 1.46. The van der Waals surface area contributed by atoms with Crippen molar-refractivity contribution in [3.8, 4) is 6.07 Å². The normalized spacial score (nSPS) is 13.9. The van der Waals surface area contributed by atoms with Gasteiger partial charge in [0.1, 0.15) is 11.9 Å². The number of nitro groups is 1. The highest BCUT2D eigenvalue weighted by Crippen LogP contribution is 2.24. The minimum atomic E-state index is -0.564. The molecule has 1 aliphatic heterocycles. The fraction of sp³-hybridized carbons (Fsp3) is 0.333. The van der Waals surface area contributed by atoms with E-state index in [4.69, 9.17) is 10.00 Å². The summed E-state index contributed by atoms with van der Waals surface area (Å²) >= 11 is 0. The van der Waals surface area contributed by atoms with Crippen molar-refractivity contribution >= 4 is 29.1 Å². The number of benzene rings is 1. The number of hydrogen-bond acceptors (Lipinski definition) is 8. The van der Waals surface area contributed by atoms with Crippen molar-refractivity contribution < 1.29 is 19.2 Å². The van der Waals surface area contributed by atoms with Crippen LogP contribution in [-0.4, -0.2) is 41.5 Å². The number of piperidine rings is 1. The number of aryl methyl sites for hydroxylation is 1. The molecule has 1 fully saturated rings. The van der Waals surface area contributed by atoms with Crippen LogP contribution in [0.1, 0.15) is 24.0 Å². The van der Waals surface area contributed by atoms with Crippen LogP contribution in [-0.2, 0) is 14.3 Å². The number of carbonyl (C=O) groups excluding carboxylic acids is 2. The third kappa shape index (κ3) is 5.54. The Morgan fingerprint density at radius 2 is 2.06 bits per heavy atom. The van der Waals surface area contributed by atoms with Gasteiger partial charge in [-0.15, -0.1) is 0 Å². The Hall–Kier alpha value is -4.00. The molecule has 1 aliphatic rings. The number of esters is 1. The average Bonchev–Trinajstić information content (AvgIpc) is 2.78. The lowest BCUT2D eigenvalue weighted by Crippen LogP contribution is -2.38. The maximum Gasteiger partial charge on any atom is 0.309 e. The van der Waals surface area contributed by atoms with Gasteiger partial charge < -0.3 is 15.0 Å². The number of nitrogens with zero attached hydrogens (tertiary/aromatic N) is 4. The number of nitriles is 1. The fourth-order valence-corrected chi connectivity index (χ4v) is 3.32. The van der Waals surface area contributed by atoms with Crippen LogP contribution in [0.2, 0.25) is 0 Å². The minimum absolute atomic E-state index is 0.0988. The van der Waals surface area contributed by atoms with Crippen molar-refractivity contribution in [3.05, 3.63) is 57.8 Å². The van der Waals surface area contributed by atoms with Crippen LogP contribution in [0, 0.1) is 34.3 Å². The highest BCUT2D eigenvalue weighted by Gasteiger charge is 2.27. The van der Waals surface area contributed by atoms with E-state index in [-0.39, 0.29) is 17.3 Å². The summed E-state index contributed by atoms with van der Waals surface area (Å²) in [5.74, 6) is -0.580. The highest BCUT2D eigenvalue weighted by molar-refractivity contribution is 5.93. The third-order valence-corrected chi connectivity index (χ3v) is 5.06. The standard InChI is InChI=1S/C21H21N5O5/c1-14-2-4-17(10-18(14)26(29)30)24-20(27)13-31-21(28)16-6-8-25(9-7-16)19-5-3-15(11-22)12-23-19/h2-5,10,12,16H,6-9,13H2,1H3,(H,24,27). The lowest BCUT2D eigenvalue weighted by molar-refractivity contribution is -0.385. The van der Waals surface area contributed by atoms with Gasteiger partial charge in [0.2, 0.25) is 0 Å². The van der Waals surface area contributed by atoms with Crippen LogP contribution in [0.5, 0.6) is 0 Å². The predicted molar refractivity (Wildman–Crippen MR) is 111 cm³/mol. The van der Waals surface area contributed by atoms with Gasteiger partial charge in [0.15, 0.2) is 6.61 Å². The lowest BCUT2D eigenvalue weighted by Gasteiger charge is -2.31. The molecule has 2 aromatic rings. The van der Waals surface area contributed by atoms with Gasteiger partial charge in [0.25, 0.3) is 11.6 Å². The number of rotatable bonds is 6. The predicted octanol–water partition coefficient (Wildman–Crippen LogP) is 2.57.